The first-order valence-electron chi connectivity index (χ1n) is 15.2. The molecule has 0 saturated carbocycles. The molecule has 0 aliphatic carbocycles. The van der Waals surface area contributed by atoms with E-state index in [0.29, 0.717) is 43.5 Å². The van der Waals surface area contributed by atoms with Crippen molar-refractivity contribution in [2.75, 3.05) is 6.61 Å². The van der Waals surface area contributed by atoms with Crippen molar-refractivity contribution in [1.82, 2.24) is 4.57 Å². The minimum Gasteiger partial charge on any atom is -0.488 e. The van der Waals surface area contributed by atoms with Crippen LogP contribution in [-0.4, -0.2) is 17.1 Å². The molecular formula is C39H29ClN2O4S. The molecule has 0 fully saturated rings. The Hall–Kier alpha value is -5.24. The maximum Gasteiger partial charge on any atom is 0.338 e. The van der Waals surface area contributed by atoms with Crippen LogP contribution in [-0.2, 0) is 16.1 Å². The summed E-state index contributed by atoms with van der Waals surface area (Å²) in [7, 11) is 0. The Morgan fingerprint density at radius 2 is 1.64 bits per heavy atom. The number of fused-ring (bicyclic) bond motifs is 2. The first kappa shape index (κ1) is 30.4. The van der Waals surface area contributed by atoms with Crippen molar-refractivity contribution >= 4 is 51.5 Å². The van der Waals surface area contributed by atoms with E-state index in [1.807, 2.05) is 91.0 Å². The number of rotatable bonds is 8. The molecule has 0 amide bonds. The summed E-state index contributed by atoms with van der Waals surface area (Å²) in [6.07, 6.45) is 1.78. The molecule has 1 aliphatic heterocycles. The Kier molecular flexibility index (Phi) is 8.57. The first-order valence-corrected chi connectivity index (χ1v) is 16.4. The summed E-state index contributed by atoms with van der Waals surface area (Å²) < 4.78 is 13.9. The number of carbonyl (C=O) groups excluding carboxylic acids is 1. The van der Waals surface area contributed by atoms with Crippen molar-refractivity contribution in [2.24, 2.45) is 4.99 Å². The summed E-state index contributed by atoms with van der Waals surface area (Å²) in [5.74, 6) is 0.0714. The molecule has 0 bridgehead atoms. The summed E-state index contributed by atoms with van der Waals surface area (Å²) in [6.45, 7) is 2.29. The topological polar surface area (TPSA) is 69.9 Å². The summed E-state index contributed by atoms with van der Waals surface area (Å²) in [4.78, 5) is 33.4. The average Bonchev–Trinajstić information content (AvgIpc) is 3.42. The van der Waals surface area contributed by atoms with Gasteiger partial charge in [0.05, 0.1) is 28.5 Å². The Balaban J connectivity index is 1.37. The number of thiazole rings is 1. The highest BCUT2D eigenvalue weighted by molar-refractivity contribution is 7.07. The number of nitrogens with zero attached hydrogens (tertiary/aromatic N) is 2. The molecule has 8 heteroatoms. The predicted molar refractivity (Wildman–Crippen MR) is 187 cm³/mol. The van der Waals surface area contributed by atoms with Crippen LogP contribution < -0.4 is 19.6 Å². The van der Waals surface area contributed by atoms with Gasteiger partial charge in [-0.3, -0.25) is 9.36 Å². The van der Waals surface area contributed by atoms with Gasteiger partial charge >= 0.3 is 5.97 Å². The third kappa shape index (κ3) is 6.03. The summed E-state index contributed by atoms with van der Waals surface area (Å²) in [5.41, 5.74) is 3.74. The molecular weight excluding hydrogens is 628 g/mol. The summed E-state index contributed by atoms with van der Waals surface area (Å²) >= 11 is 7.72. The van der Waals surface area contributed by atoms with E-state index in [1.165, 1.54) is 11.3 Å². The van der Waals surface area contributed by atoms with Crippen LogP contribution in [0.3, 0.4) is 0 Å². The predicted octanol–water partition coefficient (Wildman–Crippen LogP) is 7.32. The molecule has 0 spiro atoms. The van der Waals surface area contributed by atoms with Gasteiger partial charge in [0, 0.05) is 16.1 Å². The molecule has 2 heterocycles. The highest BCUT2D eigenvalue weighted by atomic mass is 35.5. The monoisotopic (exact) mass is 656 g/mol. The van der Waals surface area contributed by atoms with Crippen molar-refractivity contribution in [3.63, 3.8) is 0 Å². The van der Waals surface area contributed by atoms with Gasteiger partial charge < -0.3 is 9.47 Å². The van der Waals surface area contributed by atoms with E-state index < -0.39 is 12.0 Å². The number of esters is 1. The van der Waals surface area contributed by atoms with E-state index in [0.717, 1.165) is 27.5 Å². The SMILES string of the molecule is CCOC(=O)C1=C(c2ccccc2)N=c2s/c(=C\c3cc(Cl)ccc3OCc3cccc4ccccc34)c(=O)n2[C@H]1c1ccccc1. The summed E-state index contributed by atoms with van der Waals surface area (Å²) in [6, 6.07) is 37.9. The number of benzene rings is 5. The maximum atomic E-state index is 14.3. The summed E-state index contributed by atoms with van der Waals surface area (Å²) in [5, 5.41) is 2.77. The van der Waals surface area contributed by atoms with Gasteiger partial charge in [-0.25, -0.2) is 9.79 Å². The zero-order valence-electron chi connectivity index (χ0n) is 25.4. The number of carbonyl (C=O) groups is 1. The van der Waals surface area contributed by atoms with Gasteiger partial charge in [0.1, 0.15) is 12.4 Å². The van der Waals surface area contributed by atoms with Crippen LogP contribution in [0.25, 0.3) is 22.5 Å². The molecule has 1 atom stereocenters. The van der Waals surface area contributed by atoms with Crippen molar-refractivity contribution in [3.8, 4) is 5.75 Å². The lowest BCUT2D eigenvalue weighted by Crippen LogP contribution is -2.40. The molecule has 6 aromatic rings. The minimum atomic E-state index is -0.745. The lowest BCUT2D eigenvalue weighted by Gasteiger charge is -2.25. The molecule has 6 nitrogen and oxygen atoms in total. The zero-order chi connectivity index (χ0) is 32.3. The van der Waals surface area contributed by atoms with Crippen LogP contribution in [0.15, 0.2) is 137 Å². The number of halogens is 1. The second-order valence-electron chi connectivity index (χ2n) is 11.0. The Labute approximate surface area is 280 Å². The average molecular weight is 657 g/mol. The Bertz CT molecular complexity index is 2320. The second-order valence-corrected chi connectivity index (χ2v) is 12.4. The van der Waals surface area contributed by atoms with Gasteiger partial charge in [-0.1, -0.05) is 126 Å². The quantitative estimate of drug-likeness (QED) is 0.161. The number of hydrogen-bond acceptors (Lipinski definition) is 6. The van der Waals surface area contributed by atoms with Crippen LogP contribution in [0.4, 0.5) is 0 Å². The van der Waals surface area contributed by atoms with Crippen molar-refractivity contribution < 1.29 is 14.3 Å². The van der Waals surface area contributed by atoms with Crippen LogP contribution in [0.5, 0.6) is 5.75 Å². The third-order valence-corrected chi connectivity index (χ3v) is 9.23. The molecule has 7 rings (SSSR count). The normalized spacial score (nSPS) is 14.5. The highest BCUT2D eigenvalue weighted by Crippen LogP contribution is 2.35. The van der Waals surface area contributed by atoms with Crippen molar-refractivity contribution in [3.05, 3.63) is 174 Å². The Morgan fingerprint density at radius 3 is 2.43 bits per heavy atom. The highest BCUT2D eigenvalue weighted by Gasteiger charge is 2.35. The van der Waals surface area contributed by atoms with Gasteiger partial charge in [0.15, 0.2) is 4.80 Å². The fraction of sp³-hybridized carbons (Fsp3) is 0.103. The van der Waals surface area contributed by atoms with E-state index in [9.17, 15) is 9.59 Å². The van der Waals surface area contributed by atoms with Gasteiger partial charge in [-0.2, -0.15) is 0 Å². The van der Waals surface area contributed by atoms with Crippen LogP contribution >= 0.6 is 22.9 Å². The molecule has 5 aromatic carbocycles. The molecule has 0 radical (unpaired) electrons. The molecule has 0 unspecified atom stereocenters. The Morgan fingerprint density at radius 1 is 0.915 bits per heavy atom. The molecule has 1 aromatic heterocycles. The van der Waals surface area contributed by atoms with E-state index in [2.05, 4.69) is 18.2 Å². The van der Waals surface area contributed by atoms with E-state index in [1.54, 1.807) is 29.7 Å². The lowest BCUT2D eigenvalue weighted by atomic mass is 9.93. The van der Waals surface area contributed by atoms with E-state index >= 15 is 0 Å². The molecule has 232 valence electrons. The molecule has 0 saturated heterocycles. The number of hydrogen-bond donors (Lipinski definition) is 0. The van der Waals surface area contributed by atoms with Gasteiger partial charge in [0.2, 0.25) is 0 Å². The number of aromatic nitrogens is 1. The maximum absolute atomic E-state index is 14.3. The number of ether oxygens (including phenoxy) is 2. The third-order valence-electron chi connectivity index (χ3n) is 8.01. The van der Waals surface area contributed by atoms with Gasteiger partial charge in [-0.15, -0.1) is 0 Å². The van der Waals surface area contributed by atoms with E-state index in [4.69, 9.17) is 26.1 Å². The first-order chi connectivity index (χ1) is 23.0. The molecule has 0 N–H and O–H groups in total. The molecule has 1 aliphatic rings. The van der Waals surface area contributed by atoms with E-state index in [-0.39, 0.29) is 12.2 Å². The van der Waals surface area contributed by atoms with Crippen molar-refractivity contribution in [2.45, 2.75) is 19.6 Å². The largest absolute Gasteiger partial charge is 0.488 e. The minimum absolute atomic E-state index is 0.187. The van der Waals surface area contributed by atoms with Gasteiger partial charge in [-0.05, 0) is 53.1 Å². The van der Waals surface area contributed by atoms with Crippen LogP contribution in [0, 0.1) is 0 Å². The second kappa shape index (κ2) is 13.2. The van der Waals surface area contributed by atoms with Gasteiger partial charge in [0.25, 0.3) is 5.56 Å². The lowest BCUT2D eigenvalue weighted by molar-refractivity contribution is -0.138. The van der Waals surface area contributed by atoms with Crippen LogP contribution in [0.2, 0.25) is 5.02 Å². The van der Waals surface area contributed by atoms with Crippen LogP contribution in [0.1, 0.15) is 35.2 Å². The zero-order valence-corrected chi connectivity index (χ0v) is 27.0. The fourth-order valence-electron chi connectivity index (χ4n) is 5.87. The smallest absolute Gasteiger partial charge is 0.338 e. The molecule has 47 heavy (non-hydrogen) atoms. The fourth-order valence-corrected chi connectivity index (χ4v) is 7.04. The van der Waals surface area contributed by atoms with Crippen molar-refractivity contribution in [1.29, 1.82) is 0 Å². The standard InChI is InChI=1S/C39H29ClN2O4S/c1-2-45-38(44)34-35(26-13-5-3-6-14-26)41-39-42(36(34)27-15-7-4-8-16-27)37(43)33(47-39)23-29-22-30(40)20-21-32(29)46-24-28-18-11-17-25-12-9-10-19-31(25)28/h3-23,36H,2,24H2,1H3/b33-23-/t36-/m0/s1.